The van der Waals surface area contributed by atoms with Crippen LogP contribution in [0.4, 0.5) is 10.5 Å². The number of alkyl carbamates (subject to hydrolysis) is 1. The molecule has 3 amide bonds. The lowest BCUT2D eigenvalue weighted by molar-refractivity contribution is -0.135. The Balaban J connectivity index is 1.08. The van der Waals surface area contributed by atoms with Crippen LogP contribution in [0.3, 0.4) is 0 Å². The second-order valence-corrected chi connectivity index (χ2v) is 16.6. The first-order valence-electron chi connectivity index (χ1n) is 20.6. The van der Waals surface area contributed by atoms with Crippen molar-refractivity contribution in [3.05, 3.63) is 95.4 Å². The first-order valence-corrected chi connectivity index (χ1v) is 20.6. The number of hydrogen-bond donors (Lipinski definition) is 3. The highest BCUT2D eigenvalue weighted by Crippen LogP contribution is 2.48. The van der Waals surface area contributed by atoms with E-state index in [4.69, 9.17) is 14.7 Å². The van der Waals surface area contributed by atoms with E-state index in [0.29, 0.717) is 12.1 Å². The molecule has 3 aromatic carbocycles. The number of anilines is 1. The van der Waals surface area contributed by atoms with Gasteiger partial charge in [-0.1, -0.05) is 39.8 Å². The van der Waals surface area contributed by atoms with Crippen LogP contribution >= 0.6 is 0 Å². The maximum atomic E-state index is 13.8. The second-order valence-electron chi connectivity index (χ2n) is 16.6. The van der Waals surface area contributed by atoms with Crippen molar-refractivity contribution in [3.8, 4) is 6.07 Å². The van der Waals surface area contributed by atoms with Gasteiger partial charge >= 0.3 is 6.09 Å². The molecular formula is C45H52N9O4. The van der Waals surface area contributed by atoms with Crippen LogP contribution in [-0.2, 0) is 14.3 Å². The number of aromatic amines is 2. The molecule has 58 heavy (non-hydrogen) atoms. The molecule has 5 aromatic rings. The molecule has 8 rings (SSSR count). The molecule has 1 radical (unpaired) electrons. The van der Waals surface area contributed by atoms with Gasteiger partial charge in [0.1, 0.15) is 17.7 Å². The Morgan fingerprint density at radius 3 is 2.07 bits per heavy atom. The van der Waals surface area contributed by atoms with Gasteiger partial charge in [0.05, 0.1) is 71.4 Å². The average molecular weight is 783 g/mol. The summed E-state index contributed by atoms with van der Waals surface area (Å²) in [5.41, 5.74) is 7.50. The molecule has 2 aromatic heterocycles. The minimum atomic E-state index is -0.703. The second kappa shape index (κ2) is 16.2. The molecule has 3 saturated heterocycles. The molecule has 3 N–H and O–H groups in total. The largest absolute Gasteiger partial charge is 0.453 e. The maximum Gasteiger partial charge on any atom is 0.407 e. The zero-order chi connectivity index (χ0) is 40.7. The van der Waals surface area contributed by atoms with Crippen LogP contribution in [0.2, 0.25) is 0 Å². The number of hydrogen-bond acceptors (Lipinski definition) is 8. The lowest BCUT2D eigenvalue weighted by Gasteiger charge is -2.33. The van der Waals surface area contributed by atoms with Gasteiger partial charge in [0.15, 0.2) is 0 Å². The number of nitrogens with zero attached hydrogens (tertiary/aromatic N) is 6. The molecule has 0 aliphatic carbocycles. The normalized spacial score (nSPS) is 21.4. The summed E-state index contributed by atoms with van der Waals surface area (Å²) in [7, 11) is 1.30. The zero-order valence-corrected chi connectivity index (χ0v) is 33.9. The summed E-state index contributed by atoms with van der Waals surface area (Å²) in [5, 5.41) is 12.3. The minimum absolute atomic E-state index is 0.0338. The number of fused-ring (bicyclic) bond motifs is 2. The molecule has 0 unspecified atom stereocenters. The predicted octanol–water partition coefficient (Wildman–Crippen LogP) is 7.96. The Labute approximate surface area is 339 Å². The van der Waals surface area contributed by atoms with Crippen LogP contribution in [0.1, 0.15) is 119 Å². The maximum absolute atomic E-state index is 13.8. The molecule has 5 atom stereocenters. The summed E-state index contributed by atoms with van der Waals surface area (Å²) in [6, 6.07) is 22.0. The van der Waals surface area contributed by atoms with Gasteiger partial charge in [0.25, 0.3) is 0 Å². The third-order valence-electron chi connectivity index (χ3n) is 12.1. The monoisotopic (exact) mass is 782 g/mol. The van der Waals surface area contributed by atoms with E-state index in [1.54, 1.807) is 6.42 Å². The summed E-state index contributed by atoms with van der Waals surface area (Å²) in [5.74, 6) is 1.56. The quantitative estimate of drug-likeness (QED) is 0.129. The van der Waals surface area contributed by atoms with Crippen molar-refractivity contribution in [2.45, 2.75) is 96.4 Å². The van der Waals surface area contributed by atoms with E-state index in [1.165, 1.54) is 7.11 Å². The van der Waals surface area contributed by atoms with Crippen LogP contribution in [-0.4, -0.2) is 73.9 Å². The van der Waals surface area contributed by atoms with E-state index in [-0.39, 0.29) is 47.8 Å². The lowest BCUT2D eigenvalue weighted by Crippen LogP contribution is -2.51. The summed E-state index contributed by atoms with van der Waals surface area (Å²) in [6.07, 6.45) is 6.42. The van der Waals surface area contributed by atoms with Crippen LogP contribution in [0.5, 0.6) is 0 Å². The number of carbonyl (C=O) groups excluding carboxylic acids is 3. The van der Waals surface area contributed by atoms with Gasteiger partial charge < -0.3 is 34.7 Å². The van der Waals surface area contributed by atoms with E-state index in [9.17, 15) is 19.6 Å². The Bertz CT molecular complexity index is 2360. The summed E-state index contributed by atoms with van der Waals surface area (Å²) in [6.45, 7) is 9.20. The zero-order valence-electron chi connectivity index (χ0n) is 33.9. The lowest BCUT2D eigenvalue weighted by atomic mass is 10.0. The number of nitriles is 1. The fourth-order valence-electron chi connectivity index (χ4n) is 9.24. The Morgan fingerprint density at radius 1 is 0.793 bits per heavy atom. The van der Waals surface area contributed by atoms with Crippen LogP contribution in [0, 0.1) is 29.6 Å². The molecule has 13 heteroatoms. The molecule has 301 valence electrons. The van der Waals surface area contributed by atoms with Crippen LogP contribution < -0.4 is 10.2 Å². The van der Waals surface area contributed by atoms with E-state index in [2.05, 4.69) is 62.7 Å². The highest BCUT2D eigenvalue weighted by molar-refractivity contribution is 5.87. The van der Waals surface area contributed by atoms with Gasteiger partial charge in [-0.3, -0.25) is 9.59 Å². The first kappa shape index (κ1) is 38.9. The Hall–Kier alpha value is -5.90. The van der Waals surface area contributed by atoms with E-state index in [1.807, 2.05) is 61.8 Å². The highest BCUT2D eigenvalue weighted by Gasteiger charge is 2.39. The molecule has 3 fully saturated rings. The van der Waals surface area contributed by atoms with Gasteiger partial charge in [0.2, 0.25) is 11.8 Å². The van der Waals surface area contributed by atoms with E-state index >= 15 is 0 Å². The third kappa shape index (κ3) is 7.48. The Kier molecular flexibility index (Phi) is 10.8. The van der Waals surface area contributed by atoms with Crippen molar-refractivity contribution < 1.29 is 19.1 Å². The number of carbonyl (C=O) groups is 3. The average Bonchev–Trinajstić information content (AvgIpc) is 4.07. The fraction of sp³-hybridized carbons (Fsp3) is 0.444. The number of benzene rings is 3. The number of methoxy groups -OCH3 is 1. The van der Waals surface area contributed by atoms with Crippen molar-refractivity contribution in [3.63, 3.8) is 0 Å². The van der Waals surface area contributed by atoms with Crippen molar-refractivity contribution in [2.24, 2.45) is 11.8 Å². The fourth-order valence-corrected chi connectivity index (χ4v) is 9.24. The smallest absolute Gasteiger partial charge is 0.407 e. The number of rotatable bonds is 10. The van der Waals surface area contributed by atoms with Crippen LogP contribution in [0.25, 0.3) is 22.1 Å². The molecule has 3 aliphatic heterocycles. The van der Waals surface area contributed by atoms with Gasteiger partial charge in [-0.2, -0.15) is 5.26 Å². The van der Waals surface area contributed by atoms with Gasteiger partial charge in [-0.25, -0.2) is 14.8 Å². The number of aromatic nitrogens is 4. The molecule has 0 saturated carbocycles. The van der Waals surface area contributed by atoms with Crippen molar-refractivity contribution in [1.82, 2.24) is 35.1 Å². The first-order chi connectivity index (χ1) is 28.0. The minimum Gasteiger partial charge on any atom is -0.453 e. The standard InChI is InChI=1S/C45H52N9O4/c1-26(2)22-40(55)52-20-6-8-38(52)42-47-32-16-12-29(23-34(32)49-42)36-18-19-37(54(36)31-14-10-28(25-46)11-15-31)30-13-17-33-35(24-30)50-43(48-33)39-9-7-21-53(39)44(56)41(27(3)4)51-45(57)58-5/h10-17,22-24,26-27,36-39,41H,6-9,18-21H2,1-5H3,(H,47,49)(H,48,50)(H,51,57)/t36-,37-,38+,39+,41+/m1/s1. The third-order valence-corrected chi connectivity index (χ3v) is 12.1. The molecule has 0 spiro atoms. The highest BCUT2D eigenvalue weighted by atomic mass is 16.5. The molecule has 3 aliphatic rings. The number of amides is 3. The number of ether oxygens (including phenoxy) is 1. The summed E-state index contributed by atoms with van der Waals surface area (Å²) < 4.78 is 4.81. The van der Waals surface area contributed by atoms with E-state index < -0.39 is 12.1 Å². The van der Waals surface area contributed by atoms with Crippen molar-refractivity contribution in [2.75, 3.05) is 25.1 Å². The molecule has 0 bridgehead atoms. The van der Waals surface area contributed by atoms with Gasteiger partial charge in [-0.15, -0.1) is 0 Å². The molecular weight excluding hydrogens is 731 g/mol. The SMILES string of the molecule is COC(=O)N[C@H](C(=O)N1CCC[C@H]1c1nc2cc([C@H]3CC[C@H](c4ccc5nc([C@@H]6CCCN6C(=O)[CH]C(C)C)[nH]c5c4)N3c3ccc(C#N)cc3)ccc2[nH]1)C(C)C. The predicted molar refractivity (Wildman–Crippen MR) is 221 cm³/mol. The Morgan fingerprint density at radius 2 is 1.41 bits per heavy atom. The molecule has 13 nitrogen and oxygen atoms in total. The summed E-state index contributed by atoms with van der Waals surface area (Å²) in [4.78, 5) is 62.4. The van der Waals surface area contributed by atoms with Crippen molar-refractivity contribution in [1.29, 1.82) is 5.26 Å². The van der Waals surface area contributed by atoms with Gasteiger partial charge in [-0.05, 0) is 110 Å². The number of H-pyrrole nitrogens is 2. The number of nitrogens with one attached hydrogen (secondary N) is 3. The topological polar surface area (TPSA) is 163 Å². The van der Waals surface area contributed by atoms with Crippen molar-refractivity contribution >= 4 is 45.7 Å². The van der Waals surface area contributed by atoms with Crippen LogP contribution in [0.15, 0.2) is 60.7 Å². The van der Waals surface area contributed by atoms with E-state index in [0.717, 1.165) is 95.6 Å². The number of imidazole rings is 2. The summed E-state index contributed by atoms with van der Waals surface area (Å²) >= 11 is 0. The number of likely N-dealkylation sites (tertiary alicyclic amines) is 2. The van der Waals surface area contributed by atoms with Gasteiger partial charge in [0, 0.05) is 18.8 Å². The molecule has 5 heterocycles.